The van der Waals surface area contributed by atoms with Crippen molar-refractivity contribution in [1.29, 1.82) is 0 Å². The van der Waals surface area contributed by atoms with E-state index in [1.165, 1.54) is 9.47 Å². The number of hydrogen-bond donors (Lipinski definition) is 1. The molecule has 0 radical (unpaired) electrons. The third-order valence-electron chi connectivity index (χ3n) is 4.37. The molecule has 0 aliphatic heterocycles. The first kappa shape index (κ1) is 17.1. The fourth-order valence-electron chi connectivity index (χ4n) is 2.81. The molecule has 25 heavy (non-hydrogen) atoms. The van der Waals surface area contributed by atoms with Crippen LogP contribution in [0, 0.1) is 18.6 Å². The van der Waals surface area contributed by atoms with Crippen LogP contribution >= 0.6 is 12.2 Å². The number of aromatic nitrogens is 2. The maximum absolute atomic E-state index is 13.0. The molecule has 3 rings (SSSR count). The quantitative estimate of drug-likeness (QED) is 0.719. The van der Waals surface area contributed by atoms with Crippen LogP contribution in [-0.4, -0.2) is 34.5 Å². The summed E-state index contributed by atoms with van der Waals surface area (Å²) >= 11 is 5.42. The normalized spacial score (nSPS) is 10.9. The average molecular weight is 353 g/mol. The summed E-state index contributed by atoms with van der Waals surface area (Å²) in [5.41, 5.74) is 3.72. The van der Waals surface area contributed by atoms with Crippen LogP contribution in [0.1, 0.15) is 21.5 Å². The van der Waals surface area contributed by atoms with Crippen molar-refractivity contribution in [2.45, 2.75) is 13.8 Å². The molecule has 0 aliphatic rings. The highest BCUT2D eigenvalue weighted by Crippen LogP contribution is 2.18. The van der Waals surface area contributed by atoms with Crippen molar-refractivity contribution in [2.75, 3.05) is 14.1 Å². The first-order valence-corrected chi connectivity index (χ1v) is 8.29. The predicted molar refractivity (Wildman–Crippen MR) is 102 cm³/mol. The number of benzene rings is 2. The van der Waals surface area contributed by atoms with E-state index in [0.29, 0.717) is 21.2 Å². The van der Waals surface area contributed by atoms with Crippen LogP contribution in [0.2, 0.25) is 0 Å². The first-order chi connectivity index (χ1) is 11.8. The third-order valence-corrected chi connectivity index (χ3v) is 4.65. The van der Waals surface area contributed by atoms with Gasteiger partial charge in [0.15, 0.2) is 4.77 Å². The number of carbonyl (C=O) groups excluding carboxylic acids is 1. The number of aryl methyl sites for hydroxylation is 1. The molecule has 1 heterocycles. The van der Waals surface area contributed by atoms with Crippen molar-refractivity contribution >= 4 is 29.0 Å². The number of nitrogens with one attached hydrogen (secondary N) is 1. The van der Waals surface area contributed by atoms with Gasteiger partial charge in [0.25, 0.3) is 11.5 Å². The Hall–Kier alpha value is -2.73. The van der Waals surface area contributed by atoms with Crippen LogP contribution < -0.4 is 5.56 Å². The molecule has 2 aromatic carbocycles. The number of aromatic amines is 1. The van der Waals surface area contributed by atoms with Gasteiger partial charge in [-0.15, -0.1) is 0 Å². The molecule has 0 unspecified atom stereocenters. The van der Waals surface area contributed by atoms with Crippen molar-refractivity contribution in [2.24, 2.45) is 0 Å². The number of amides is 1. The summed E-state index contributed by atoms with van der Waals surface area (Å²) in [7, 11) is 3.38. The number of carbonyl (C=O) groups is 1. The highest BCUT2D eigenvalue weighted by atomic mass is 32.1. The summed E-state index contributed by atoms with van der Waals surface area (Å²) in [6, 6.07) is 10.8. The number of fused-ring (bicyclic) bond motifs is 1. The van der Waals surface area contributed by atoms with Crippen LogP contribution in [0.3, 0.4) is 0 Å². The lowest BCUT2D eigenvalue weighted by Crippen LogP contribution is -2.23. The Morgan fingerprint density at radius 2 is 1.88 bits per heavy atom. The minimum Gasteiger partial charge on any atom is -0.345 e. The second kappa shape index (κ2) is 6.29. The van der Waals surface area contributed by atoms with E-state index in [4.69, 9.17) is 12.2 Å². The Labute approximate surface area is 150 Å². The van der Waals surface area contributed by atoms with Gasteiger partial charge in [0.2, 0.25) is 0 Å². The van der Waals surface area contributed by atoms with Gasteiger partial charge in [-0.05, 0) is 61.5 Å². The number of rotatable bonds is 2. The molecule has 1 N–H and O–H groups in total. The van der Waals surface area contributed by atoms with Gasteiger partial charge in [0.1, 0.15) is 0 Å². The van der Waals surface area contributed by atoms with E-state index in [2.05, 4.69) is 4.98 Å². The van der Waals surface area contributed by atoms with Gasteiger partial charge in [-0.1, -0.05) is 12.1 Å². The summed E-state index contributed by atoms with van der Waals surface area (Å²) in [6.45, 7) is 3.96. The van der Waals surface area contributed by atoms with Gasteiger partial charge in [-0.2, -0.15) is 0 Å². The minimum absolute atomic E-state index is 0.125. The molecule has 0 atom stereocenters. The number of nitrogens with zero attached hydrogens (tertiary/aromatic N) is 2. The zero-order valence-corrected chi connectivity index (χ0v) is 15.4. The summed E-state index contributed by atoms with van der Waals surface area (Å²) in [6.07, 6.45) is 0. The summed E-state index contributed by atoms with van der Waals surface area (Å²) < 4.78 is 1.81. The Balaban J connectivity index is 2.29. The van der Waals surface area contributed by atoms with Crippen molar-refractivity contribution < 1.29 is 4.79 Å². The maximum Gasteiger partial charge on any atom is 0.266 e. The average Bonchev–Trinajstić information content (AvgIpc) is 2.57. The summed E-state index contributed by atoms with van der Waals surface area (Å²) in [4.78, 5) is 29.7. The Kier molecular flexibility index (Phi) is 4.30. The first-order valence-electron chi connectivity index (χ1n) is 7.88. The lowest BCUT2D eigenvalue weighted by molar-refractivity contribution is 0.0827. The van der Waals surface area contributed by atoms with Crippen molar-refractivity contribution in [3.63, 3.8) is 0 Å². The lowest BCUT2D eigenvalue weighted by atomic mass is 10.1. The van der Waals surface area contributed by atoms with Crippen LogP contribution in [0.15, 0.2) is 41.2 Å². The molecular weight excluding hydrogens is 334 g/mol. The molecule has 5 nitrogen and oxygen atoms in total. The minimum atomic E-state index is -0.198. The van der Waals surface area contributed by atoms with Gasteiger partial charge < -0.3 is 9.88 Å². The molecule has 0 bridgehead atoms. The van der Waals surface area contributed by atoms with Gasteiger partial charge in [0, 0.05) is 19.7 Å². The zero-order chi connectivity index (χ0) is 18.3. The molecule has 1 amide bonds. The Morgan fingerprint density at radius 1 is 1.16 bits per heavy atom. The van der Waals surface area contributed by atoms with Crippen molar-refractivity contribution in [1.82, 2.24) is 14.5 Å². The van der Waals surface area contributed by atoms with E-state index < -0.39 is 0 Å². The Bertz CT molecular complexity index is 1110. The lowest BCUT2D eigenvalue weighted by Gasteiger charge is -2.14. The van der Waals surface area contributed by atoms with Gasteiger partial charge in [0.05, 0.1) is 16.6 Å². The van der Waals surface area contributed by atoms with E-state index in [9.17, 15) is 9.59 Å². The number of hydrogen-bond acceptors (Lipinski definition) is 3. The van der Waals surface area contributed by atoms with E-state index in [1.807, 2.05) is 32.0 Å². The van der Waals surface area contributed by atoms with Crippen LogP contribution in [0.5, 0.6) is 0 Å². The van der Waals surface area contributed by atoms with Gasteiger partial charge in [-0.25, -0.2) is 0 Å². The zero-order valence-electron chi connectivity index (χ0n) is 14.6. The molecule has 0 saturated heterocycles. The molecule has 0 aliphatic carbocycles. The molecule has 1 aromatic heterocycles. The topological polar surface area (TPSA) is 58.1 Å². The SMILES string of the molecule is Cc1cccc(-n2c(=S)[nH]c3cc(C(=O)N(C)C)ccc3c2=O)c1C. The molecule has 0 saturated carbocycles. The van der Waals surface area contributed by atoms with Crippen LogP contribution in [0.4, 0.5) is 0 Å². The molecule has 0 fully saturated rings. The van der Waals surface area contributed by atoms with E-state index in [1.54, 1.807) is 32.3 Å². The summed E-state index contributed by atoms with van der Waals surface area (Å²) in [5, 5.41) is 0.491. The summed E-state index contributed by atoms with van der Waals surface area (Å²) in [5.74, 6) is -0.125. The highest BCUT2D eigenvalue weighted by Gasteiger charge is 2.13. The largest absolute Gasteiger partial charge is 0.345 e. The van der Waals surface area contributed by atoms with E-state index in [0.717, 1.165) is 16.8 Å². The second-order valence-corrected chi connectivity index (χ2v) is 6.64. The standard InChI is InChI=1S/C19H19N3O2S/c1-11-6-5-7-16(12(11)2)22-18(24)14-9-8-13(17(23)21(3)4)10-15(14)20-19(22)25/h5-10H,1-4H3,(H,20,25). The Morgan fingerprint density at radius 3 is 2.56 bits per heavy atom. The van der Waals surface area contributed by atoms with Crippen molar-refractivity contribution in [3.8, 4) is 5.69 Å². The van der Waals surface area contributed by atoms with Gasteiger partial charge >= 0.3 is 0 Å². The van der Waals surface area contributed by atoms with Crippen LogP contribution in [0.25, 0.3) is 16.6 Å². The second-order valence-electron chi connectivity index (χ2n) is 6.25. The molecule has 3 aromatic rings. The fourth-order valence-corrected chi connectivity index (χ4v) is 3.10. The van der Waals surface area contributed by atoms with E-state index >= 15 is 0 Å². The van der Waals surface area contributed by atoms with Gasteiger partial charge in [-0.3, -0.25) is 14.2 Å². The third kappa shape index (κ3) is 2.89. The molecule has 128 valence electrons. The number of H-pyrrole nitrogens is 1. The molecule has 0 spiro atoms. The smallest absolute Gasteiger partial charge is 0.266 e. The predicted octanol–water partition coefficient (Wildman–Crippen LogP) is 3.37. The van der Waals surface area contributed by atoms with Crippen LogP contribution in [-0.2, 0) is 0 Å². The van der Waals surface area contributed by atoms with E-state index in [-0.39, 0.29) is 11.5 Å². The highest BCUT2D eigenvalue weighted by molar-refractivity contribution is 7.71. The molecular formula is C19H19N3O2S. The van der Waals surface area contributed by atoms with Crippen molar-refractivity contribution in [3.05, 3.63) is 68.2 Å². The maximum atomic E-state index is 13.0. The fraction of sp³-hybridized carbons (Fsp3) is 0.211. The monoisotopic (exact) mass is 353 g/mol. The molecule has 6 heteroatoms.